The van der Waals surface area contributed by atoms with Gasteiger partial charge in [-0.15, -0.1) is 0 Å². The van der Waals surface area contributed by atoms with Crippen molar-refractivity contribution in [3.8, 4) is 0 Å². The van der Waals surface area contributed by atoms with E-state index in [1.165, 1.54) is 0 Å². The molecule has 0 spiro atoms. The molecule has 2 N–H and O–H groups in total. The average molecular weight is 313 g/mol. The monoisotopic (exact) mass is 313 g/mol. The maximum atomic E-state index is 11.9. The minimum Gasteiger partial charge on any atom is -0.396 e. The quantitative estimate of drug-likeness (QED) is 0.787. The highest BCUT2D eigenvalue weighted by Gasteiger charge is 2.16. The Morgan fingerprint density at radius 2 is 1.57 bits per heavy atom. The van der Waals surface area contributed by atoms with Crippen molar-refractivity contribution in [1.82, 2.24) is 5.32 Å². The SMILES string of the molecule is CC(CO)CNC(=O)COC(c1ccccc1)c1ccccc1. The Balaban J connectivity index is 2.00. The number of aliphatic hydroxyl groups excluding tert-OH is 1. The Morgan fingerprint density at radius 3 is 2.04 bits per heavy atom. The lowest BCUT2D eigenvalue weighted by molar-refractivity contribution is -0.127. The van der Waals surface area contributed by atoms with Crippen molar-refractivity contribution in [1.29, 1.82) is 0 Å². The van der Waals surface area contributed by atoms with Crippen molar-refractivity contribution < 1.29 is 14.6 Å². The van der Waals surface area contributed by atoms with E-state index in [4.69, 9.17) is 9.84 Å². The molecule has 0 aromatic heterocycles. The zero-order valence-corrected chi connectivity index (χ0v) is 13.3. The molecular formula is C19H23NO3. The van der Waals surface area contributed by atoms with Gasteiger partial charge in [-0.3, -0.25) is 4.79 Å². The van der Waals surface area contributed by atoms with Crippen molar-refractivity contribution in [3.63, 3.8) is 0 Å². The third-order valence-corrected chi connectivity index (χ3v) is 3.55. The van der Waals surface area contributed by atoms with Crippen LogP contribution in [0, 0.1) is 5.92 Å². The molecule has 0 fully saturated rings. The van der Waals surface area contributed by atoms with Gasteiger partial charge in [0.1, 0.15) is 12.7 Å². The van der Waals surface area contributed by atoms with Crippen LogP contribution >= 0.6 is 0 Å². The molecule has 0 aliphatic rings. The number of hydrogen-bond donors (Lipinski definition) is 2. The number of carbonyl (C=O) groups is 1. The van der Waals surface area contributed by atoms with E-state index in [9.17, 15) is 4.79 Å². The zero-order valence-electron chi connectivity index (χ0n) is 13.3. The first-order chi connectivity index (χ1) is 11.2. The maximum absolute atomic E-state index is 11.9. The van der Waals surface area contributed by atoms with E-state index >= 15 is 0 Å². The van der Waals surface area contributed by atoms with Gasteiger partial charge in [-0.1, -0.05) is 67.6 Å². The second-order valence-electron chi connectivity index (χ2n) is 5.60. The first-order valence-corrected chi connectivity index (χ1v) is 7.79. The molecule has 0 aliphatic carbocycles. The topological polar surface area (TPSA) is 58.6 Å². The van der Waals surface area contributed by atoms with Gasteiger partial charge in [0.15, 0.2) is 0 Å². The van der Waals surface area contributed by atoms with E-state index in [2.05, 4.69) is 5.32 Å². The summed E-state index contributed by atoms with van der Waals surface area (Å²) < 4.78 is 5.87. The molecule has 1 unspecified atom stereocenters. The van der Waals surface area contributed by atoms with Gasteiger partial charge in [0.2, 0.25) is 5.91 Å². The molecule has 0 heterocycles. The molecule has 2 aromatic carbocycles. The lowest BCUT2D eigenvalue weighted by atomic mass is 10.0. The Kier molecular flexibility index (Phi) is 6.78. The van der Waals surface area contributed by atoms with Gasteiger partial charge < -0.3 is 15.2 Å². The lowest BCUT2D eigenvalue weighted by Crippen LogP contribution is -2.33. The average Bonchev–Trinajstić information content (AvgIpc) is 2.61. The van der Waals surface area contributed by atoms with E-state index in [0.717, 1.165) is 11.1 Å². The van der Waals surface area contributed by atoms with Gasteiger partial charge in [-0.2, -0.15) is 0 Å². The summed E-state index contributed by atoms with van der Waals surface area (Å²) in [6.07, 6.45) is -0.279. The Morgan fingerprint density at radius 1 is 1.04 bits per heavy atom. The summed E-state index contributed by atoms with van der Waals surface area (Å²) in [4.78, 5) is 11.9. The third-order valence-electron chi connectivity index (χ3n) is 3.55. The van der Waals surface area contributed by atoms with E-state index < -0.39 is 0 Å². The van der Waals surface area contributed by atoms with Gasteiger partial charge in [-0.25, -0.2) is 0 Å². The summed E-state index contributed by atoms with van der Waals surface area (Å²) in [5.74, 6) is -0.139. The summed E-state index contributed by atoms with van der Waals surface area (Å²) in [6.45, 7) is 2.35. The van der Waals surface area contributed by atoms with Crippen molar-refractivity contribution in [2.75, 3.05) is 19.8 Å². The molecule has 0 saturated heterocycles. The normalized spacial score (nSPS) is 12.1. The van der Waals surface area contributed by atoms with Gasteiger partial charge in [0.25, 0.3) is 0 Å². The number of benzene rings is 2. The van der Waals surface area contributed by atoms with Crippen LogP contribution < -0.4 is 5.32 Å². The molecule has 122 valence electrons. The lowest BCUT2D eigenvalue weighted by Gasteiger charge is -2.19. The number of ether oxygens (including phenoxy) is 1. The van der Waals surface area contributed by atoms with Crippen molar-refractivity contribution in [3.05, 3.63) is 71.8 Å². The molecule has 0 radical (unpaired) electrons. The number of carbonyl (C=O) groups excluding carboxylic acids is 1. The predicted molar refractivity (Wildman–Crippen MR) is 89.9 cm³/mol. The van der Waals surface area contributed by atoms with Crippen molar-refractivity contribution in [2.45, 2.75) is 13.0 Å². The second-order valence-corrected chi connectivity index (χ2v) is 5.60. The van der Waals surface area contributed by atoms with Crippen LogP contribution in [-0.2, 0) is 9.53 Å². The smallest absolute Gasteiger partial charge is 0.246 e. The van der Waals surface area contributed by atoms with E-state index in [1.54, 1.807) is 0 Å². The molecule has 23 heavy (non-hydrogen) atoms. The van der Waals surface area contributed by atoms with Crippen LogP contribution in [0.3, 0.4) is 0 Å². The minimum atomic E-state index is -0.279. The Hall–Kier alpha value is -2.17. The number of rotatable bonds is 8. The van der Waals surface area contributed by atoms with Gasteiger partial charge in [0.05, 0.1) is 0 Å². The highest BCUT2D eigenvalue weighted by atomic mass is 16.5. The number of nitrogens with one attached hydrogen (secondary N) is 1. The van der Waals surface area contributed by atoms with Crippen molar-refractivity contribution >= 4 is 5.91 Å². The van der Waals surface area contributed by atoms with Crippen LogP contribution in [0.15, 0.2) is 60.7 Å². The Labute approximate surface area is 137 Å². The molecule has 0 bridgehead atoms. The summed E-state index contributed by atoms with van der Waals surface area (Å²) in [5.41, 5.74) is 2.02. The van der Waals surface area contributed by atoms with Gasteiger partial charge in [0, 0.05) is 13.2 Å². The predicted octanol–water partition coefficient (Wildman–Crippen LogP) is 2.54. The van der Waals surface area contributed by atoms with Crippen LogP contribution in [0.1, 0.15) is 24.2 Å². The fourth-order valence-corrected chi connectivity index (χ4v) is 2.20. The van der Waals surface area contributed by atoms with Gasteiger partial charge in [-0.05, 0) is 17.0 Å². The third kappa shape index (κ3) is 5.51. The largest absolute Gasteiger partial charge is 0.396 e. The van der Waals surface area contributed by atoms with E-state index in [-0.39, 0.29) is 31.1 Å². The van der Waals surface area contributed by atoms with Crippen LogP contribution in [-0.4, -0.2) is 30.8 Å². The Bertz CT molecular complexity index is 547. The fraction of sp³-hybridized carbons (Fsp3) is 0.316. The first-order valence-electron chi connectivity index (χ1n) is 7.79. The molecule has 4 nitrogen and oxygen atoms in total. The summed E-state index contributed by atoms with van der Waals surface area (Å²) in [5, 5.41) is 11.7. The van der Waals surface area contributed by atoms with Crippen LogP contribution in [0.25, 0.3) is 0 Å². The van der Waals surface area contributed by atoms with Crippen LogP contribution in [0.4, 0.5) is 0 Å². The zero-order chi connectivity index (χ0) is 16.5. The number of aliphatic hydroxyl groups is 1. The van der Waals surface area contributed by atoms with E-state index in [1.807, 2.05) is 67.6 Å². The van der Waals surface area contributed by atoms with E-state index in [0.29, 0.717) is 6.54 Å². The highest BCUT2D eigenvalue weighted by molar-refractivity contribution is 5.77. The molecule has 0 aliphatic heterocycles. The molecule has 1 atom stereocenters. The summed E-state index contributed by atoms with van der Waals surface area (Å²) >= 11 is 0. The second kappa shape index (κ2) is 9.08. The maximum Gasteiger partial charge on any atom is 0.246 e. The molecule has 2 aromatic rings. The molecule has 1 amide bonds. The van der Waals surface area contributed by atoms with Gasteiger partial charge >= 0.3 is 0 Å². The standard InChI is InChI=1S/C19H23NO3/c1-15(13-21)12-20-18(22)14-23-19(16-8-4-2-5-9-16)17-10-6-3-7-11-17/h2-11,15,19,21H,12-14H2,1H3,(H,20,22). The molecule has 4 heteroatoms. The molecule has 2 rings (SSSR count). The summed E-state index contributed by atoms with van der Waals surface area (Å²) in [7, 11) is 0. The molecule has 0 saturated carbocycles. The fourth-order valence-electron chi connectivity index (χ4n) is 2.20. The minimum absolute atomic E-state index is 0.0212. The number of hydrogen-bond acceptors (Lipinski definition) is 3. The van der Waals surface area contributed by atoms with Crippen LogP contribution in [0.5, 0.6) is 0 Å². The van der Waals surface area contributed by atoms with Crippen LogP contribution in [0.2, 0.25) is 0 Å². The number of amides is 1. The van der Waals surface area contributed by atoms with Crippen molar-refractivity contribution in [2.24, 2.45) is 5.92 Å². The first kappa shape index (κ1) is 17.2. The molecular weight excluding hydrogens is 290 g/mol. The summed E-state index contributed by atoms with van der Waals surface area (Å²) in [6, 6.07) is 19.7. The highest BCUT2D eigenvalue weighted by Crippen LogP contribution is 2.25.